The Morgan fingerprint density at radius 2 is 1.83 bits per heavy atom. The summed E-state index contributed by atoms with van der Waals surface area (Å²) in [6, 6.07) is 0. The second kappa shape index (κ2) is 4.08. The number of hydrogen-bond acceptors (Lipinski definition) is 2. The van der Waals surface area contributed by atoms with Crippen LogP contribution in [0.1, 0.15) is 13.3 Å². The number of rotatable bonds is 3. The highest BCUT2D eigenvalue weighted by molar-refractivity contribution is 6.35. The van der Waals surface area contributed by atoms with Gasteiger partial charge in [-0.2, -0.15) is 13.2 Å². The van der Waals surface area contributed by atoms with Crippen molar-refractivity contribution in [2.24, 2.45) is 0 Å². The highest BCUT2D eigenvalue weighted by atomic mass is 19.4. The van der Waals surface area contributed by atoms with Crippen LogP contribution in [0.15, 0.2) is 0 Å². The summed E-state index contributed by atoms with van der Waals surface area (Å²) in [5, 5.41) is 1.83. The van der Waals surface area contributed by atoms with Gasteiger partial charge in [0.2, 0.25) is 5.78 Å². The maximum absolute atomic E-state index is 11.5. The molecule has 0 aromatic heterocycles. The minimum atomic E-state index is -4.30. The summed E-state index contributed by atoms with van der Waals surface area (Å²) in [6.45, 7) is 0.435. The molecule has 0 aliphatic carbocycles. The average Bonchev–Trinajstić information content (AvgIpc) is 1.84. The summed E-state index contributed by atoms with van der Waals surface area (Å²) < 4.78 is 34.4. The van der Waals surface area contributed by atoms with Gasteiger partial charge in [-0.05, 0) is 0 Å². The molecular weight excluding hydrogens is 175 g/mol. The van der Waals surface area contributed by atoms with Crippen molar-refractivity contribution < 1.29 is 22.8 Å². The topological polar surface area (TPSA) is 46.2 Å². The zero-order chi connectivity index (χ0) is 9.78. The van der Waals surface area contributed by atoms with Crippen LogP contribution in [0.4, 0.5) is 13.2 Å². The Hall–Kier alpha value is -1.07. The van der Waals surface area contributed by atoms with Crippen LogP contribution < -0.4 is 5.32 Å². The molecule has 0 saturated heterocycles. The molecule has 0 rings (SSSR count). The molecule has 0 aliphatic rings. The van der Waals surface area contributed by atoms with Gasteiger partial charge in [0.05, 0.1) is 6.42 Å². The Morgan fingerprint density at radius 1 is 1.33 bits per heavy atom. The smallest absolute Gasteiger partial charge is 0.349 e. The van der Waals surface area contributed by atoms with E-state index in [0.29, 0.717) is 0 Å². The van der Waals surface area contributed by atoms with Crippen molar-refractivity contribution in [3.63, 3.8) is 0 Å². The number of alkyl halides is 3. The number of ketones is 1. The summed E-state index contributed by atoms with van der Waals surface area (Å²) in [5.41, 5.74) is 0. The van der Waals surface area contributed by atoms with Crippen molar-refractivity contribution in [3.05, 3.63) is 0 Å². The molecule has 12 heavy (non-hydrogen) atoms. The first-order chi connectivity index (χ1) is 5.33. The third-order valence-electron chi connectivity index (χ3n) is 1.01. The van der Waals surface area contributed by atoms with Crippen LogP contribution in [0.25, 0.3) is 0 Å². The van der Waals surface area contributed by atoms with E-state index in [1.807, 2.05) is 5.32 Å². The number of hydrogen-bond donors (Lipinski definition) is 1. The zero-order valence-corrected chi connectivity index (χ0v) is 6.36. The second-order valence-electron chi connectivity index (χ2n) is 2.18. The van der Waals surface area contributed by atoms with Crippen LogP contribution in [0.5, 0.6) is 0 Å². The number of halogens is 3. The Balaban J connectivity index is 3.58. The van der Waals surface area contributed by atoms with Gasteiger partial charge in [-0.3, -0.25) is 9.59 Å². The molecule has 0 bridgehead atoms. The SMILES string of the molecule is CC(=O)C(=O)NCCC(F)(F)F. The molecule has 0 aromatic rings. The minimum Gasteiger partial charge on any atom is -0.349 e. The molecular formula is C6H8F3NO2. The van der Waals surface area contributed by atoms with Crippen molar-refractivity contribution in [3.8, 4) is 0 Å². The molecule has 0 aromatic carbocycles. The Bertz CT molecular complexity index is 188. The van der Waals surface area contributed by atoms with Crippen molar-refractivity contribution in [1.29, 1.82) is 0 Å². The van der Waals surface area contributed by atoms with Crippen LogP contribution in [-0.2, 0) is 9.59 Å². The van der Waals surface area contributed by atoms with Crippen molar-refractivity contribution in [2.75, 3.05) is 6.54 Å². The van der Waals surface area contributed by atoms with E-state index in [-0.39, 0.29) is 0 Å². The van der Waals surface area contributed by atoms with Crippen molar-refractivity contribution in [2.45, 2.75) is 19.5 Å². The summed E-state index contributed by atoms with van der Waals surface area (Å²) in [6.07, 6.45) is -5.42. The summed E-state index contributed by atoms with van der Waals surface area (Å²) in [4.78, 5) is 20.6. The van der Waals surface area contributed by atoms with E-state index in [9.17, 15) is 22.8 Å². The molecule has 1 N–H and O–H groups in total. The van der Waals surface area contributed by atoms with Gasteiger partial charge in [0.1, 0.15) is 0 Å². The fraction of sp³-hybridized carbons (Fsp3) is 0.667. The lowest BCUT2D eigenvalue weighted by Crippen LogP contribution is -2.32. The largest absolute Gasteiger partial charge is 0.390 e. The Kier molecular flexibility index (Phi) is 3.72. The summed E-state index contributed by atoms with van der Waals surface area (Å²) in [5.74, 6) is -1.78. The van der Waals surface area contributed by atoms with Gasteiger partial charge in [-0.15, -0.1) is 0 Å². The monoisotopic (exact) mass is 183 g/mol. The molecule has 0 aliphatic heterocycles. The number of nitrogens with one attached hydrogen (secondary N) is 1. The van der Waals surface area contributed by atoms with Gasteiger partial charge < -0.3 is 5.32 Å². The summed E-state index contributed by atoms with van der Waals surface area (Å²) in [7, 11) is 0. The van der Waals surface area contributed by atoms with Gasteiger partial charge in [0, 0.05) is 13.5 Å². The number of Topliss-reactive ketones (excluding diaryl/α,β-unsaturated/α-hetero) is 1. The first kappa shape index (κ1) is 10.9. The molecule has 0 radical (unpaired) electrons. The maximum atomic E-state index is 11.5. The van der Waals surface area contributed by atoms with E-state index in [2.05, 4.69) is 0 Å². The van der Waals surface area contributed by atoms with Crippen LogP contribution in [0.3, 0.4) is 0 Å². The third-order valence-corrected chi connectivity index (χ3v) is 1.01. The van der Waals surface area contributed by atoms with Crippen LogP contribution in [0, 0.1) is 0 Å². The fourth-order valence-corrected chi connectivity index (χ4v) is 0.442. The Labute approximate surface area is 66.9 Å². The maximum Gasteiger partial charge on any atom is 0.390 e. The standard InChI is InChI=1S/C6H8F3NO2/c1-4(11)5(12)10-3-2-6(7,8)9/h2-3H2,1H3,(H,10,12). The van der Waals surface area contributed by atoms with Crippen LogP contribution in [-0.4, -0.2) is 24.4 Å². The van der Waals surface area contributed by atoms with Gasteiger partial charge >= 0.3 is 6.18 Å². The molecule has 0 spiro atoms. The average molecular weight is 183 g/mol. The predicted molar refractivity (Wildman–Crippen MR) is 34.4 cm³/mol. The highest BCUT2D eigenvalue weighted by Gasteiger charge is 2.26. The molecule has 3 nitrogen and oxygen atoms in total. The van der Waals surface area contributed by atoms with Crippen molar-refractivity contribution >= 4 is 11.7 Å². The molecule has 0 heterocycles. The fourth-order valence-electron chi connectivity index (χ4n) is 0.442. The van der Waals surface area contributed by atoms with Gasteiger partial charge in [0.15, 0.2) is 0 Å². The lowest BCUT2D eigenvalue weighted by Gasteiger charge is -2.05. The lowest BCUT2D eigenvalue weighted by molar-refractivity contribution is -0.141. The van der Waals surface area contributed by atoms with E-state index >= 15 is 0 Å². The second-order valence-corrected chi connectivity index (χ2v) is 2.18. The van der Waals surface area contributed by atoms with Crippen molar-refractivity contribution in [1.82, 2.24) is 5.32 Å². The molecule has 1 amide bonds. The predicted octanol–water partition coefficient (Wildman–Crippen LogP) is 0.644. The Morgan fingerprint density at radius 3 is 2.17 bits per heavy atom. The lowest BCUT2D eigenvalue weighted by atomic mass is 10.4. The number of amides is 1. The molecule has 6 heteroatoms. The molecule has 70 valence electrons. The van der Waals surface area contributed by atoms with Crippen LogP contribution in [0.2, 0.25) is 0 Å². The minimum absolute atomic E-state index is 0.554. The van der Waals surface area contributed by atoms with E-state index in [4.69, 9.17) is 0 Å². The normalized spacial score (nSPS) is 11.0. The van der Waals surface area contributed by atoms with Gasteiger partial charge in [-0.1, -0.05) is 0 Å². The third kappa shape index (κ3) is 5.70. The number of carbonyl (C=O) groups is 2. The molecule has 0 atom stereocenters. The zero-order valence-electron chi connectivity index (χ0n) is 6.36. The first-order valence-corrected chi connectivity index (χ1v) is 3.18. The highest BCUT2D eigenvalue weighted by Crippen LogP contribution is 2.17. The van der Waals surface area contributed by atoms with E-state index in [1.54, 1.807) is 0 Å². The first-order valence-electron chi connectivity index (χ1n) is 3.18. The van der Waals surface area contributed by atoms with E-state index in [0.717, 1.165) is 6.92 Å². The molecule has 0 saturated carbocycles. The van der Waals surface area contributed by atoms with Gasteiger partial charge in [-0.25, -0.2) is 0 Å². The van der Waals surface area contributed by atoms with Crippen LogP contribution >= 0.6 is 0 Å². The van der Waals surface area contributed by atoms with Gasteiger partial charge in [0.25, 0.3) is 5.91 Å². The number of carbonyl (C=O) groups excluding carboxylic acids is 2. The van der Waals surface area contributed by atoms with E-state index < -0.39 is 30.8 Å². The quantitative estimate of drug-likeness (QED) is 0.653. The molecule has 0 unspecified atom stereocenters. The summed E-state index contributed by atoms with van der Waals surface area (Å²) >= 11 is 0. The molecule has 0 fully saturated rings. The van der Waals surface area contributed by atoms with E-state index in [1.165, 1.54) is 0 Å².